The number of halogens is 1. The average Bonchev–Trinajstić information content (AvgIpc) is 2.51. The van der Waals surface area contributed by atoms with Crippen LogP contribution in [0.4, 0.5) is 4.39 Å². The van der Waals surface area contributed by atoms with Gasteiger partial charge in [-0.15, -0.1) is 0 Å². The Morgan fingerprint density at radius 2 is 1.73 bits per heavy atom. The fourth-order valence-corrected chi connectivity index (χ4v) is 1.74. The summed E-state index contributed by atoms with van der Waals surface area (Å²) in [5.41, 5.74) is 1.20. The van der Waals surface area contributed by atoms with Crippen molar-refractivity contribution in [3.8, 4) is 5.75 Å². The summed E-state index contributed by atoms with van der Waals surface area (Å²) in [6.45, 7) is 3.72. The predicted octanol–water partition coefficient (Wildman–Crippen LogP) is 4.10. The molecule has 0 saturated heterocycles. The van der Waals surface area contributed by atoms with Gasteiger partial charge in [0.25, 0.3) is 0 Å². The summed E-state index contributed by atoms with van der Waals surface area (Å²) in [5.74, 6) is -0.373. The molecule has 0 spiro atoms. The average molecular weight is 304 g/mol. The van der Waals surface area contributed by atoms with Crippen molar-refractivity contribution in [3.05, 3.63) is 66.0 Å². The fraction of sp³-hybridized carbons (Fsp3) is 0.278. The quantitative estimate of drug-likeness (QED) is 0.865. The lowest BCUT2D eigenvalue weighted by atomic mass is 10.1. The zero-order chi connectivity index (χ0) is 16.4. The summed E-state index contributed by atoms with van der Waals surface area (Å²) < 4.78 is 17.1. The van der Waals surface area contributed by atoms with Crippen molar-refractivity contribution in [2.75, 3.05) is 0 Å². The van der Waals surface area contributed by atoms with Crippen LogP contribution in [-0.2, 0) is 16.0 Å². The molecule has 0 bridgehead atoms. The summed E-state index contributed by atoms with van der Waals surface area (Å²) in [7, 11) is 0. The van der Waals surface area contributed by atoms with E-state index in [4.69, 9.17) is 9.84 Å². The number of benzene rings is 2. The van der Waals surface area contributed by atoms with Crippen LogP contribution in [0.3, 0.4) is 0 Å². The second-order valence-electron chi connectivity index (χ2n) is 4.82. The van der Waals surface area contributed by atoms with Gasteiger partial charge in [-0.25, -0.2) is 4.39 Å². The van der Waals surface area contributed by atoms with Gasteiger partial charge < -0.3 is 9.84 Å². The summed E-state index contributed by atoms with van der Waals surface area (Å²) in [6.07, 6.45) is 1.19. The first-order valence-electron chi connectivity index (χ1n) is 7.19. The molecule has 22 heavy (non-hydrogen) atoms. The maximum atomic E-state index is 12.0. The molecule has 0 aliphatic heterocycles. The number of phenolic OH excluding ortho intramolecular Hbond substituents is 1. The first kappa shape index (κ1) is 17.7. The first-order chi connectivity index (χ1) is 10.5. The number of carbonyl (C=O) groups is 1. The molecule has 3 nitrogen and oxygen atoms in total. The fourth-order valence-electron chi connectivity index (χ4n) is 1.74. The van der Waals surface area contributed by atoms with Crippen LogP contribution >= 0.6 is 0 Å². The molecule has 1 N–H and O–H groups in total. The smallest absolute Gasteiger partial charge is 0.305 e. The van der Waals surface area contributed by atoms with Crippen LogP contribution in [0.5, 0.6) is 5.75 Å². The summed E-state index contributed by atoms with van der Waals surface area (Å²) >= 11 is 0. The molecule has 0 saturated carbocycles. The van der Waals surface area contributed by atoms with E-state index in [0.29, 0.717) is 6.42 Å². The van der Waals surface area contributed by atoms with Gasteiger partial charge in [0.05, 0.1) is 0 Å². The molecule has 1 atom stereocenters. The zero-order valence-electron chi connectivity index (χ0n) is 12.8. The third-order valence-electron chi connectivity index (χ3n) is 2.81. The Labute approximate surface area is 130 Å². The van der Waals surface area contributed by atoms with E-state index in [-0.39, 0.29) is 23.6 Å². The van der Waals surface area contributed by atoms with Gasteiger partial charge in [0.1, 0.15) is 17.7 Å². The van der Waals surface area contributed by atoms with E-state index < -0.39 is 0 Å². The first-order valence-corrected chi connectivity index (χ1v) is 7.19. The minimum atomic E-state index is -0.331. The highest BCUT2D eigenvalue weighted by molar-refractivity contribution is 5.69. The highest BCUT2D eigenvalue weighted by atomic mass is 19.1. The Kier molecular flexibility index (Phi) is 7.68. The third kappa shape index (κ3) is 7.43. The number of phenols is 1. The predicted molar refractivity (Wildman–Crippen MR) is 84.1 cm³/mol. The molecule has 0 amide bonds. The van der Waals surface area contributed by atoms with Crippen molar-refractivity contribution in [2.24, 2.45) is 0 Å². The van der Waals surface area contributed by atoms with E-state index in [1.165, 1.54) is 29.8 Å². The number of ether oxygens (including phenoxy) is 1. The highest BCUT2D eigenvalue weighted by Gasteiger charge is 2.07. The molecule has 0 fully saturated rings. The maximum Gasteiger partial charge on any atom is 0.305 e. The van der Waals surface area contributed by atoms with Crippen molar-refractivity contribution in [1.82, 2.24) is 0 Å². The number of hydrogen-bond acceptors (Lipinski definition) is 3. The van der Waals surface area contributed by atoms with Crippen LogP contribution in [-0.4, -0.2) is 17.2 Å². The number of rotatable bonds is 4. The lowest BCUT2D eigenvalue weighted by Crippen LogP contribution is -2.16. The van der Waals surface area contributed by atoms with Gasteiger partial charge in [0.15, 0.2) is 0 Å². The van der Waals surface area contributed by atoms with Crippen LogP contribution in [0, 0.1) is 5.82 Å². The second-order valence-corrected chi connectivity index (χ2v) is 4.82. The van der Waals surface area contributed by atoms with Crippen LogP contribution in [0.2, 0.25) is 0 Å². The lowest BCUT2D eigenvalue weighted by molar-refractivity contribution is -0.147. The van der Waals surface area contributed by atoms with E-state index >= 15 is 0 Å². The van der Waals surface area contributed by atoms with Crippen molar-refractivity contribution >= 4 is 5.97 Å². The minimum Gasteiger partial charge on any atom is -0.508 e. The van der Waals surface area contributed by atoms with E-state index in [0.717, 1.165) is 6.42 Å². The molecule has 0 aromatic heterocycles. The molecule has 0 radical (unpaired) electrons. The van der Waals surface area contributed by atoms with Gasteiger partial charge in [-0.2, -0.15) is 0 Å². The normalized spacial score (nSPS) is 11.0. The Morgan fingerprint density at radius 1 is 1.14 bits per heavy atom. The van der Waals surface area contributed by atoms with Crippen LogP contribution in [0.1, 0.15) is 25.8 Å². The molecule has 118 valence electrons. The van der Waals surface area contributed by atoms with Crippen molar-refractivity contribution in [1.29, 1.82) is 0 Å². The maximum absolute atomic E-state index is 12.0. The molecule has 0 aliphatic carbocycles. The summed E-state index contributed by atoms with van der Waals surface area (Å²) in [4.78, 5) is 11.0. The van der Waals surface area contributed by atoms with Gasteiger partial charge >= 0.3 is 5.97 Å². The van der Waals surface area contributed by atoms with E-state index in [2.05, 4.69) is 0 Å². The molecule has 4 heteroatoms. The molecule has 2 aromatic rings. The van der Waals surface area contributed by atoms with Gasteiger partial charge in [0.2, 0.25) is 0 Å². The van der Waals surface area contributed by atoms with Gasteiger partial charge in [-0.3, -0.25) is 4.79 Å². The van der Waals surface area contributed by atoms with Gasteiger partial charge in [-0.05, 0) is 36.8 Å². The van der Waals surface area contributed by atoms with Gasteiger partial charge in [-0.1, -0.05) is 37.3 Å². The molecule has 1 unspecified atom stereocenters. The Morgan fingerprint density at radius 3 is 2.23 bits per heavy atom. The largest absolute Gasteiger partial charge is 0.508 e. The molecule has 2 rings (SSSR count). The summed E-state index contributed by atoms with van der Waals surface area (Å²) in [5, 5.41) is 8.59. The Hall–Kier alpha value is -2.36. The van der Waals surface area contributed by atoms with Crippen LogP contribution < -0.4 is 0 Å². The lowest BCUT2D eigenvalue weighted by Gasteiger charge is -2.12. The Bertz CT molecular complexity index is 531. The Balaban J connectivity index is 0.000000255. The second kappa shape index (κ2) is 9.55. The van der Waals surface area contributed by atoms with Crippen LogP contribution in [0.25, 0.3) is 0 Å². The highest BCUT2D eigenvalue weighted by Crippen LogP contribution is 2.07. The standard InChI is InChI=1S/C12H16O2.C6H5FO/c1-3-12(13)14-10(2)9-11-7-5-4-6-8-11;7-5-1-3-6(8)4-2-5/h4-8,10H,3,9H2,1-2H3;1-4,8H. The van der Waals surface area contributed by atoms with Crippen molar-refractivity contribution < 1.29 is 19.0 Å². The third-order valence-corrected chi connectivity index (χ3v) is 2.81. The van der Waals surface area contributed by atoms with E-state index in [1.54, 1.807) is 6.92 Å². The molecular weight excluding hydrogens is 283 g/mol. The van der Waals surface area contributed by atoms with Crippen LogP contribution in [0.15, 0.2) is 54.6 Å². The number of carbonyl (C=O) groups excluding carboxylic acids is 1. The minimum absolute atomic E-state index is 0.0372. The zero-order valence-corrected chi connectivity index (χ0v) is 12.8. The molecule has 2 aromatic carbocycles. The number of aromatic hydroxyl groups is 1. The van der Waals surface area contributed by atoms with E-state index in [1.807, 2.05) is 37.3 Å². The van der Waals surface area contributed by atoms with Crippen molar-refractivity contribution in [3.63, 3.8) is 0 Å². The molecule has 0 aliphatic rings. The monoisotopic (exact) mass is 304 g/mol. The SMILES string of the molecule is CCC(=O)OC(C)Cc1ccccc1.Oc1ccc(F)cc1. The van der Waals surface area contributed by atoms with Gasteiger partial charge in [0, 0.05) is 12.8 Å². The summed E-state index contributed by atoms with van der Waals surface area (Å²) in [6, 6.07) is 15.0. The number of esters is 1. The number of hydrogen-bond donors (Lipinski definition) is 1. The topological polar surface area (TPSA) is 46.5 Å². The molecular formula is C18H21FO3. The molecule has 0 heterocycles. The van der Waals surface area contributed by atoms with Crippen molar-refractivity contribution in [2.45, 2.75) is 32.8 Å². The van der Waals surface area contributed by atoms with E-state index in [9.17, 15) is 9.18 Å².